The van der Waals surface area contributed by atoms with Gasteiger partial charge in [0.05, 0.1) is 32.0 Å². The van der Waals surface area contributed by atoms with Gasteiger partial charge in [-0.3, -0.25) is 19.5 Å². The van der Waals surface area contributed by atoms with E-state index in [9.17, 15) is 9.59 Å². The quantitative estimate of drug-likeness (QED) is 0.554. The van der Waals surface area contributed by atoms with E-state index < -0.39 is 5.91 Å². The highest BCUT2D eigenvalue weighted by atomic mass is 16.5. The Morgan fingerprint density at radius 3 is 2.45 bits per heavy atom. The summed E-state index contributed by atoms with van der Waals surface area (Å²) in [5.74, 6) is 0.350. The molecule has 0 radical (unpaired) electrons. The first-order valence-electron chi connectivity index (χ1n) is 10.5. The number of hydrogen-bond acceptors (Lipinski definition) is 6. The second-order valence-corrected chi connectivity index (χ2v) is 7.82. The Bertz CT molecular complexity index is 1250. The fourth-order valence-corrected chi connectivity index (χ4v) is 3.89. The average Bonchev–Trinajstić information content (AvgIpc) is 3.04. The van der Waals surface area contributed by atoms with Crippen LogP contribution in [0.4, 0.5) is 5.69 Å². The number of nitrogens with one attached hydrogen (secondary N) is 1. The van der Waals surface area contributed by atoms with Gasteiger partial charge in [-0.05, 0) is 48.7 Å². The molecule has 1 N–H and O–H groups in total. The van der Waals surface area contributed by atoms with Crippen LogP contribution >= 0.6 is 0 Å². The molecule has 0 spiro atoms. The molecule has 0 saturated heterocycles. The number of pyridine rings is 1. The van der Waals surface area contributed by atoms with E-state index in [0.29, 0.717) is 28.3 Å². The van der Waals surface area contributed by atoms with Gasteiger partial charge in [0.25, 0.3) is 11.8 Å². The van der Waals surface area contributed by atoms with E-state index in [-0.39, 0.29) is 18.1 Å². The number of nitrogens with zero attached hydrogens (tertiary/aromatic N) is 2. The van der Waals surface area contributed by atoms with Crippen molar-refractivity contribution in [2.45, 2.75) is 20.4 Å². The van der Waals surface area contributed by atoms with Gasteiger partial charge in [-0.15, -0.1) is 0 Å². The zero-order valence-electron chi connectivity index (χ0n) is 19.0. The fourth-order valence-electron chi connectivity index (χ4n) is 3.89. The molecule has 0 saturated carbocycles. The van der Waals surface area contributed by atoms with Crippen LogP contribution in [-0.4, -0.2) is 35.9 Å². The maximum absolute atomic E-state index is 13.5. The number of amides is 2. The Morgan fingerprint density at radius 2 is 1.79 bits per heavy atom. The highest BCUT2D eigenvalue weighted by molar-refractivity contribution is 6.36. The topological polar surface area (TPSA) is 80.8 Å². The number of aryl methyl sites for hydroxylation is 2. The van der Waals surface area contributed by atoms with E-state index in [1.54, 1.807) is 43.8 Å². The molecule has 2 heterocycles. The normalized spacial score (nSPS) is 13.5. The molecule has 0 fully saturated rings. The molecule has 0 aliphatic carbocycles. The lowest BCUT2D eigenvalue weighted by molar-refractivity contribution is -0.137. The minimum atomic E-state index is -0.406. The average molecular weight is 444 g/mol. The summed E-state index contributed by atoms with van der Waals surface area (Å²) >= 11 is 0. The number of imide groups is 1. The van der Waals surface area contributed by atoms with Crippen LogP contribution in [0, 0.1) is 13.8 Å². The van der Waals surface area contributed by atoms with Crippen LogP contribution in [-0.2, 0) is 16.1 Å². The van der Waals surface area contributed by atoms with E-state index in [0.717, 1.165) is 16.7 Å². The van der Waals surface area contributed by atoms with Gasteiger partial charge in [-0.2, -0.15) is 0 Å². The number of carbonyl (C=O) groups excluding carboxylic acids is 2. The van der Waals surface area contributed by atoms with Crippen molar-refractivity contribution in [2.24, 2.45) is 0 Å². The van der Waals surface area contributed by atoms with Crippen molar-refractivity contribution in [3.63, 3.8) is 0 Å². The summed E-state index contributed by atoms with van der Waals surface area (Å²) in [6, 6.07) is 14.7. The SMILES string of the molecule is COc1ccc(NC2=C(c3ccc(C)cc3C)C(=O)N(Cc3cccnc3)C2=O)c(OC)c1. The number of benzene rings is 2. The number of ether oxygens (including phenoxy) is 2. The molecule has 1 aliphatic rings. The standard InChI is InChI=1S/C26H25N3O4/c1-16-7-9-20(17(2)12-16)23-24(28-21-10-8-19(32-3)13-22(21)33-4)26(31)29(25(23)30)15-18-6-5-11-27-14-18/h5-14,28H,15H2,1-4H3. The third-order valence-electron chi connectivity index (χ3n) is 5.55. The molecule has 2 amide bonds. The minimum absolute atomic E-state index is 0.130. The van der Waals surface area contributed by atoms with Gasteiger partial charge >= 0.3 is 0 Å². The molecule has 33 heavy (non-hydrogen) atoms. The first-order valence-corrected chi connectivity index (χ1v) is 10.5. The summed E-state index contributed by atoms with van der Waals surface area (Å²) in [7, 11) is 3.11. The van der Waals surface area contributed by atoms with Gasteiger partial charge in [-0.1, -0.05) is 29.8 Å². The van der Waals surface area contributed by atoms with Gasteiger partial charge in [0, 0.05) is 18.5 Å². The van der Waals surface area contributed by atoms with E-state index in [1.807, 2.05) is 38.1 Å². The Hall–Kier alpha value is -4.13. The van der Waals surface area contributed by atoms with Crippen LogP contribution in [0.3, 0.4) is 0 Å². The zero-order valence-corrected chi connectivity index (χ0v) is 19.0. The molecular formula is C26H25N3O4. The van der Waals surface area contributed by atoms with Crippen molar-refractivity contribution < 1.29 is 19.1 Å². The maximum Gasteiger partial charge on any atom is 0.278 e. The molecule has 7 heteroatoms. The fraction of sp³-hybridized carbons (Fsp3) is 0.192. The van der Waals surface area contributed by atoms with Crippen molar-refractivity contribution in [1.82, 2.24) is 9.88 Å². The molecule has 168 valence electrons. The van der Waals surface area contributed by atoms with E-state index >= 15 is 0 Å². The molecular weight excluding hydrogens is 418 g/mol. The third kappa shape index (κ3) is 4.30. The number of rotatable bonds is 7. The number of hydrogen-bond donors (Lipinski definition) is 1. The second-order valence-electron chi connectivity index (χ2n) is 7.82. The molecule has 0 unspecified atom stereocenters. The minimum Gasteiger partial charge on any atom is -0.497 e. The zero-order chi connectivity index (χ0) is 23.5. The predicted molar refractivity (Wildman–Crippen MR) is 126 cm³/mol. The largest absolute Gasteiger partial charge is 0.497 e. The Labute approximate surface area is 192 Å². The van der Waals surface area contributed by atoms with Crippen LogP contribution in [0.2, 0.25) is 0 Å². The van der Waals surface area contributed by atoms with Crippen molar-refractivity contribution >= 4 is 23.1 Å². The van der Waals surface area contributed by atoms with Crippen molar-refractivity contribution in [3.8, 4) is 11.5 Å². The van der Waals surface area contributed by atoms with Crippen LogP contribution in [0.25, 0.3) is 5.57 Å². The lowest BCUT2D eigenvalue weighted by Gasteiger charge is -2.16. The number of aromatic nitrogens is 1. The third-order valence-corrected chi connectivity index (χ3v) is 5.55. The Morgan fingerprint density at radius 1 is 0.970 bits per heavy atom. The number of anilines is 1. The van der Waals surface area contributed by atoms with Crippen LogP contribution < -0.4 is 14.8 Å². The summed E-state index contributed by atoms with van der Waals surface area (Å²) in [5.41, 5.74) is 4.56. The predicted octanol–water partition coefficient (Wildman–Crippen LogP) is 4.11. The molecule has 1 aliphatic heterocycles. The molecule has 2 aromatic carbocycles. The van der Waals surface area contributed by atoms with Gasteiger partial charge in [0.1, 0.15) is 17.2 Å². The van der Waals surface area contributed by atoms with Crippen LogP contribution in [0.5, 0.6) is 11.5 Å². The lowest BCUT2D eigenvalue weighted by atomic mass is 9.97. The Kier molecular flexibility index (Phi) is 6.13. The summed E-state index contributed by atoms with van der Waals surface area (Å²) in [4.78, 5) is 32.4. The smallest absolute Gasteiger partial charge is 0.278 e. The highest BCUT2D eigenvalue weighted by Crippen LogP contribution is 2.36. The van der Waals surface area contributed by atoms with Crippen molar-refractivity contribution in [2.75, 3.05) is 19.5 Å². The van der Waals surface area contributed by atoms with Gasteiger partial charge in [-0.25, -0.2) is 0 Å². The summed E-state index contributed by atoms with van der Waals surface area (Å²) in [6.45, 7) is 4.05. The summed E-state index contributed by atoms with van der Waals surface area (Å²) < 4.78 is 10.7. The second kappa shape index (κ2) is 9.16. The van der Waals surface area contributed by atoms with E-state index in [2.05, 4.69) is 10.3 Å². The van der Waals surface area contributed by atoms with Gasteiger partial charge < -0.3 is 14.8 Å². The first-order chi connectivity index (χ1) is 15.9. The van der Waals surface area contributed by atoms with Gasteiger partial charge in [0.2, 0.25) is 0 Å². The van der Waals surface area contributed by atoms with E-state index in [4.69, 9.17) is 9.47 Å². The van der Waals surface area contributed by atoms with Gasteiger partial charge in [0.15, 0.2) is 0 Å². The summed E-state index contributed by atoms with van der Waals surface area (Å²) in [6.07, 6.45) is 3.30. The molecule has 7 nitrogen and oxygen atoms in total. The van der Waals surface area contributed by atoms with Crippen molar-refractivity contribution in [3.05, 3.63) is 88.9 Å². The van der Waals surface area contributed by atoms with Crippen LogP contribution in [0.15, 0.2) is 66.6 Å². The number of carbonyl (C=O) groups is 2. The monoisotopic (exact) mass is 443 g/mol. The lowest BCUT2D eigenvalue weighted by Crippen LogP contribution is -2.32. The maximum atomic E-state index is 13.5. The number of methoxy groups -OCH3 is 2. The molecule has 1 aromatic heterocycles. The molecule has 0 atom stereocenters. The van der Waals surface area contributed by atoms with Crippen molar-refractivity contribution in [1.29, 1.82) is 0 Å². The molecule has 0 bridgehead atoms. The summed E-state index contributed by atoms with van der Waals surface area (Å²) in [5, 5.41) is 3.17. The molecule has 4 rings (SSSR count). The van der Waals surface area contributed by atoms with E-state index in [1.165, 1.54) is 12.0 Å². The van der Waals surface area contributed by atoms with Crippen LogP contribution in [0.1, 0.15) is 22.3 Å². The molecule has 3 aromatic rings. The highest BCUT2D eigenvalue weighted by Gasteiger charge is 2.40. The Balaban J connectivity index is 1.80. The first kappa shape index (κ1) is 22.1.